The first-order valence-corrected chi connectivity index (χ1v) is 10.7. The van der Waals surface area contributed by atoms with Crippen molar-refractivity contribution in [2.45, 2.75) is 45.2 Å². The molecule has 3 rings (SSSR count). The second-order valence-corrected chi connectivity index (χ2v) is 7.55. The zero-order valence-corrected chi connectivity index (χ0v) is 17.8. The van der Waals surface area contributed by atoms with Gasteiger partial charge in [-0.05, 0) is 49.1 Å². The quantitative estimate of drug-likeness (QED) is 0.677. The Morgan fingerprint density at radius 1 is 1.10 bits per heavy atom. The largest absolute Gasteiger partial charge is 0.497 e. The van der Waals surface area contributed by atoms with Crippen molar-refractivity contribution in [2.75, 3.05) is 20.2 Å². The number of unbranched alkanes of at least 4 members (excludes halogenated alkanes) is 1. The number of ether oxygens (including phenoxy) is 1. The Morgan fingerprint density at radius 2 is 1.83 bits per heavy atom. The number of benzene rings is 2. The molecule has 160 valence electrons. The number of carbonyl (C=O) groups is 2. The lowest BCUT2D eigenvalue weighted by molar-refractivity contribution is -0.137. The minimum atomic E-state index is -0.499. The monoisotopic (exact) mass is 409 g/mol. The van der Waals surface area contributed by atoms with Crippen LogP contribution in [0.5, 0.6) is 5.75 Å². The molecule has 0 aliphatic carbocycles. The van der Waals surface area contributed by atoms with E-state index in [-0.39, 0.29) is 11.8 Å². The van der Waals surface area contributed by atoms with E-state index in [1.54, 1.807) is 24.3 Å². The van der Waals surface area contributed by atoms with E-state index >= 15 is 0 Å². The van der Waals surface area contributed by atoms with Crippen LogP contribution in [0.25, 0.3) is 0 Å². The summed E-state index contributed by atoms with van der Waals surface area (Å²) >= 11 is 0. The van der Waals surface area contributed by atoms with Crippen LogP contribution in [0.2, 0.25) is 0 Å². The molecule has 0 saturated carbocycles. The number of carbonyl (C=O) groups excluding carboxylic acids is 2. The van der Waals surface area contributed by atoms with E-state index < -0.39 is 6.04 Å². The summed E-state index contributed by atoms with van der Waals surface area (Å²) in [7, 11) is 1.64. The number of methoxy groups -OCH3 is 1. The number of hydrogen-bond acceptors (Lipinski definition) is 4. The first kappa shape index (κ1) is 21.8. The fourth-order valence-corrected chi connectivity index (χ4v) is 3.72. The molecule has 1 unspecified atom stereocenters. The summed E-state index contributed by atoms with van der Waals surface area (Å²) in [6, 6.07) is 16.5. The molecule has 1 N–H and O–H groups in total. The Bertz CT molecular complexity index is 823. The Kier molecular flexibility index (Phi) is 7.85. The lowest BCUT2D eigenvalue weighted by Gasteiger charge is -2.43. The Hall–Kier alpha value is -2.86. The molecular weight excluding hydrogens is 378 g/mol. The Labute approximate surface area is 178 Å². The number of hydrazine groups is 1. The molecule has 30 heavy (non-hydrogen) atoms. The van der Waals surface area contributed by atoms with Crippen LogP contribution >= 0.6 is 0 Å². The molecule has 1 atom stereocenters. The van der Waals surface area contributed by atoms with Gasteiger partial charge in [0.25, 0.3) is 5.91 Å². The average Bonchev–Trinajstić information content (AvgIpc) is 2.79. The molecule has 1 fully saturated rings. The van der Waals surface area contributed by atoms with Gasteiger partial charge in [0, 0.05) is 25.2 Å². The molecule has 1 heterocycles. The SMILES string of the molecule is CCCCNC(=O)C1CCCN(Cc2ccc(OC)cc2)N1C(=O)c1ccccc1. The second-order valence-electron chi connectivity index (χ2n) is 7.55. The van der Waals surface area contributed by atoms with Crippen molar-refractivity contribution in [3.63, 3.8) is 0 Å². The van der Waals surface area contributed by atoms with Crippen molar-refractivity contribution in [2.24, 2.45) is 0 Å². The molecule has 1 aliphatic heterocycles. The highest BCUT2D eigenvalue weighted by Crippen LogP contribution is 2.24. The first-order valence-electron chi connectivity index (χ1n) is 10.7. The van der Waals surface area contributed by atoms with Crippen LogP contribution in [0.4, 0.5) is 0 Å². The van der Waals surface area contributed by atoms with E-state index in [2.05, 4.69) is 12.2 Å². The maximum atomic E-state index is 13.4. The highest BCUT2D eigenvalue weighted by atomic mass is 16.5. The number of nitrogens with one attached hydrogen (secondary N) is 1. The van der Waals surface area contributed by atoms with Gasteiger partial charge in [0.1, 0.15) is 11.8 Å². The molecule has 2 amide bonds. The van der Waals surface area contributed by atoms with Crippen molar-refractivity contribution >= 4 is 11.8 Å². The third-order valence-electron chi connectivity index (χ3n) is 5.38. The number of hydrogen-bond donors (Lipinski definition) is 1. The summed E-state index contributed by atoms with van der Waals surface area (Å²) in [4.78, 5) is 26.4. The van der Waals surface area contributed by atoms with E-state index in [4.69, 9.17) is 4.74 Å². The lowest BCUT2D eigenvalue weighted by Crippen LogP contribution is -2.60. The maximum Gasteiger partial charge on any atom is 0.268 e. The third kappa shape index (κ3) is 5.39. The van der Waals surface area contributed by atoms with Crippen LogP contribution in [-0.2, 0) is 11.3 Å². The van der Waals surface area contributed by atoms with Gasteiger partial charge in [0.15, 0.2) is 0 Å². The van der Waals surface area contributed by atoms with Crippen molar-refractivity contribution in [3.05, 3.63) is 65.7 Å². The summed E-state index contributed by atoms with van der Waals surface area (Å²) < 4.78 is 5.24. The second kappa shape index (κ2) is 10.8. The lowest BCUT2D eigenvalue weighted by atomic mass is 10.0. The fourth-order valence-electron chi connectivity index (χ4n) is 3.72. The predicted molar refractivity (Wildman–Crippen MR) is 117 cm³/mol. The van der Waals surface area contributed by atoms with E-state index in [0.29, 0.717) is 25.1 Å². The molecule has 0 aromatic heterocycles. The maximum absolute atomic E-state index is 13.4. The number of amides is 2. The molecule has 1 aliphatic rings. The predicted octanol–water partition coefficient (Wildman–Crippen LogP) is 3.63. The Morgan fingerprint density at radius 3 is 2.50 bits per heavy atom. The van der Waals surface area contributed by atoms with Crippen molar-refractivity contribution < 1.29 is 14.3 Å². The summed E-state index contributed by atoms with van der Waals surface area (Å²) in [6.45, 7) is 4.01. The average molecular weight is 410 g/mol. The minimum Gasteiger partial charge on any atom is -0.497 e. The first-order chi connectivity index (χ1) is 14.6. The molecule has 0 bridgehead atoms. The Balaban J connectivity index is 1.84. The van der Waals surface area contributed by atoms with Gasteiger partial charge in [-0.3, -0.25) is 14.6 Å². The molecule has 2 aromatic rings. The van der Waals surface area contributed by atoms with Gasteiger partial charge in [0.2, 0.25) is 5.91 Å². The molecule has 6 heteroatoms. The van der Waals surface area contributed by atoms with E-state index in [9.17, 15) is 9.59 Å². The van der Waals surface area contributed by atoms with Gasteiger partial charge < -0.3 is 10.1 Å². The van der Waals surface area contributed by atoms with Crippen molar-refractivity contribution in [3.8, 4) is 5.75 Å². The van der Waals surface area contributed by atoms with Crippen LogP contribution in [0.1, 0.15) is 48.5 Å². The number of nitrogens with zero attached hydrogens (tertiary/aromatic N) is 2. The van der Waals surface area contributed by atoms with Crippen LogP contribution in [0.15, 0.2) is 54.6 Å². The smallest absolute Gasteiger partial charge is 0.268 e. The summed E-state index contributed by atoms with van der Waals surface area (Å²) in [6.07, 6.45) is 3.47. The van der Waals surface area contributed by atoms with Crippen LogP contribution < -0.4 is 10.1 Å². The van der Waals surface area contributed by atoms with Crippen LogP contribution in [0.3, 0.4) is 0 Å². The van der Waals surface area contributed by atoms with E-state index in [0.717, 1.165) is 37.1 Å². The van der Waals surface area contributed by atoms with E-state index in [1.807, 2.05) is 47.5 Å². The van der Waals surface area contributed by atoms with Gasteiger partial charge >= 0.3 is 0 Å². The number of rotatable bonds is 8. The van der Waals surface area contributed by atoms with E-state index in [1.165, 1.54) is 0 Å². The van der Waals surface area contributed by atoms with Gasteiger partial charge in [-0.15, -0.1) is 0 Å². The molecule has 1 saturated heterocycles. The highest BCUT2D eigenvalue weighted by molar-refractivity contribution is 5.97. The van der Waals surface area contributed by atoms with Gasteiger partial charge in [-0.2, -0.15) is 0 Å². The normalized spacial score (nSPS) is 16.9. The molecular formula is C24H31N3O3. The van der Waals surface area contributed by atoms with Crippen molar-refractivity contribution in [1.29, 1.82) is 0 Å². The van der Waals surface area contributed by atoms with Crippen LogP contribution in [0, 0.1) is 0 Å². The topological polar surface area (TPSA) is 61.9 Å². The fraction of sp³-hybridized carbons (Fsp3) is 0.417. The zero-order valence-electron chi connectivity index (χ0n) is 17.8. The summed E-state index contributed by atoms with van der Waals surface area (Å²) in [5, 5.41) is 6.69. The van der Waals surface area contributed by atoms with Gasteiger partial charge in [-0.25, -0.2) is 5.01 Å². The third-order valence-corrected chi connectivity index (χ3v) is 5.38. The summed E-state index contributed by atoms with van der Waals surface area (Å²) in [5.74, 6) is 0.578. The minimum absolute atomic E-state index is 0.0767. The highest BCUT2D eigenvalue weighted by Gasteiger charge is 2.37. The van der Waals surface area contributed by atoms with Crippen molar-refractivity contribution in [1.82, 2.24) is 15.3 Å². The standard InChI is InChI=1S/C24H31N3O3/c1-3-4-16-25-23(28)22-11-8-17-26(18-19-12-14-21(30-2)15-13-19)27(22)24(29)20-9-6-5-7-10-20/h5-7,9-10,12-15,22H,3-4,8,11,16-18H2,1-2H3,(H,25,28). The van der Waals surface area contributed by atoms with Crippen LogP contribution in [-0.4, -0.2) is 48.1 Å². The zero-order chi connectivity index (χ0) is 21.3. The molecule has 0 spiro atoms. The molecule has 6 nitrogen and oxygen atoms in total. The summed E-state index contributed by atoms with van der Waals surface area (Å²) in [5.41, 5.74) is 1.65. The molecule has 0 radical (unpaired) electrons. The van der Waals surface area contributed by atoms with Gasteiger partial charge in [0.05, 0.1) is 7.11 Å². The van der Waals surface area contributed by atoms with Gasteiger partial charge in [-0.1, -0.05) is 43.7 Å². The molecule has 2 aromatic carbocycles.